The second-order valence-electron chi connectivity index (χ2n) is 10.1. The summed E-state index contributed by atoms with van der Waals surface area (Å²) in [5.74, 6) is 1.44. The molecule has 5 heterocycles. The SMILES string of the molecule is C[C@@H]1CN(c2ncnc3c2c(-n2ccnc2)cn3-c2cc(Cl)ccn2)[C@@H](C)CN1C(=O)OC(C)(C)C. The molecular weight excluding hydrogens is 480 g/mol. The molecule has 1 amide bonds. The van der Waals surface area contributed by atoms with Gasteiger partial charge in [0.1, 0.15) is 23.6 Å². The van der Waals surface area contributed by atoms with E-state index in [-0.39, 0.29) is 18.2 Å². The van der Waals surface area contributed by atoms with Crippen molar-refractivity contribution < 1.29 is 9.53 Å². The van der Waals surface area contributed by atoms with E-state index >= 15 is 0 Å². The van der Waals surface area contributed by atoms with Crippen LogP contribution in [0.4, 0.5) is 10.6 Å². The quantitative estimate of drug-likeness (QED) is 0.402. The van der Waals surface area contributed by atoms with Crippen molar-refractivity contribution >= 4 is 34.5 Å². The van der Waals surface area contributed by atoms with Crippen molar-refractivity contribution in [2.24, 2.45) is 0 Å². The standard InChI is InChI=1S/C25H29ClN8O2/c1-16-12-33(24(35)36-25(3,4)5)17(2)11-32(16)22-21-19(31-9-8-27-15-31)13-34(23(21)30-14-29-22)20-10-18(26)6-7-28-20/h6-10,13-17H,11-12H2,1-5H3/t16-,17+/m0/s1. The first-order chi connectivity index (χ1) is 17.1. The number of imidazole rings is 1. The van der Waals surface area contributed by atoms with Gasteiger partial charge in [-0.3, -0.25) is 4.57 Å². The van der Waals surface area contributed by atoms with Crippen LogP contribution in [0.2, 0.25) is 5.02 Å². The van der Waals surface area contributed by atoms with Crippen LogP contribution in [0.1, 0.15) is 34.6 Å². The Kier molecular flexibility index (Phi) is 6.07. The van der Waals surface area contributed by atoms with Crippen LogP contribution in [0.25, 0.3) is 22.5 Å². The van der Waals surface area contributed by atoms with Gasteiger partial charge in [0.25, 0.3) is 0 Å². The molecular formula is C25H29ClN8O2. The average Bonchev–Trinajstić information content (AvgIpc) is 3.47. The third kappa shape index (κ3) is 4.48. The Labute approximate surface area is 214 Å². The second-order valence-corrected chi connectivity index (χ2v) is 10.5. The molecule has 1 aliphatic heterocycles. The predicted octanol–water partition coefficient (Wildman–Crippen LogP) is 4.49. The van der Waals surface area contributed by atoms with E-state index in [1.807, 2.05) is 49.2 Å². The van der Waals surface area contributed by atoms with Crippen LogP contribution in [0.3, 0.4) is 0 Å². The first-order valence-corrected chi connectivity index (χ1v) is 12.2. The molecule has 0 unspecified atom stereocenters. The Morgan fingerprint density at radius 2 is 1.92 bits per heavy atom. The molecule has 0 saturated carbocycles. The van der Waals surface area contributed by atoms with Crippen molar-refractivity contribution in [2.45, 2.75) is 52.3 Å². The van der Waals surface area contributed by atoms with E-state index in [0.717, 1.165) is 16.9 Å². The van der Waals surface area contributed by atoms with Crippen molar-refractivity contribution in [3.8, 4) is 11.5 Å². The zero-order valence-electron chi connectivity index (χ0n) is 21.0. The van der Waals surface area contributed by atoms with Crippen LogP contribution in [0.15, 0.2) is 49.6 Å². The molecule has 11 heteroatoms. The molecule has 36 heavy (non-hydrogen) atoms. The smallest absolute Gasteiger partial charge is 0.410 e. The van der Waals surface area contributed by atoms with Gasteiger partial charge >= 0.3 is 6.09 Å². The van der Waals surface area contributed by atoms with Gasteiger partial charge in [0.2, 0.25) is 0 Å². The summed E-state index contributed by atoms with van der Waals surface area (Å²) in [4.78, 5) is 35.0. The van der Waals surface area contributed by atoms with Gasteiger partial charge in [0, 0.05) is 61.0 Å². The highest BCUT2D eigenvalue weighted by atomic mass is 35.5. The van der Waals surface area contributed by atoms with Gasteiger partial charge in [-0.05, 0) is 40.7 Å². The molecule has 0 spiro atoms. The second kappa shape index (κ2) is 9.09. The van der Waals surface area contributed by atoms with Crippen LogP contribution in [-0.2, 0) is 4.74 Å². The zero-order valence-corrected chi connectivity index (χ0v) is 21.7. The Hall–Kier alpha value is -3.66. The summed E-state index contributed by atoms with van der Waals surface area (Å²) in [5, 5.41) is 1.45. The summed E-state index contributed by atoms with van der Waals surface area (Å²) in [6, 6.07) is 3.45. The van der Waals surface area contributed by atoms with Crippen LogP contribution in [0, 0.1) is 0 Å². The number of carbonyl (C=O) groups excluding carboxylic acids is 1. The topological polar surface area (TPSA) is 94.2 Å². The predicted molar refractivity (Wildman–Crippen MR) is 138 cm³/mol. The Morgan fingerprint density at radius 3 is 2.61 bits per heavy atom. The lowest BCUT2D eigenvalue weighted by Gasteiger charge is -2.44. The minimum atomic E-state index is -0.549. The molecule has 4 aromatic rings. The number of nitrogens with zero attached hydrogens (tertiary/aromatic N) is 8. The van der Waals surface area contributed by atoms with Crippen molar-refractivity contribution in [1.29, 1.82) is 0 Å². The van der Waals surface area contributed by atoms with Gasteiger partial charge in [-0.1, -0.05) is 11.6 Å². The highest BCUT2D eigenvalue weighted by Gasteiger charge is 2.36. The van der Waals surface area contributed by atoms with Crippen molar-refractivity contribution in [3.63, 3.8) is 0 Å². The number of rotatable bonds is 3. The van der Waals surface area contributed by atoms with Gasteiger partial charge in [0.15, 0.2) is 5.65 Å². The fraction of sp³-hybridized carbons (Fsp3) is 0.400. The summed E-state index contributed by atoms with van der Waals surface area (Å²) < 4.78 is 9.49. The molecule has 0 radical (unpaired) electrons. The van der Waals surface area contributed by atoms with E-state index in [1.54, 1.807) is 42.1 Å². The molecule has 0 aromatic carbocycles. The molecule has 188 valence electrons. The summed E-state index contributed by atoms with van der Waals surface area (Å²) in [5.41, 5.74) is 1.02. The molecule has 1 fully saturated rings. The molecule has 5 rings (SSSR count). The van der Waals surface area contributed by atoms with Crippen LogP contribution >= 0.6 is 11.6 Å². The van der Waals surface area contributed by atoms with Crippen molar-refractivity contribution in [1.82, 2.24) is 34.0 Å². The normalized spacial score (nSPS) is 18.6. The number of aromatic nitrogens is 6. The Morgan fingerprint density at radius 1 is 1.11 bits per heavy atom. The maximum absolute atomic E-state index is 12.9. The van der Waals surface area contributed by atoms with Crippen LogP contribution in [-0.4, -0.2) is 70.8 Å². The summed E-state index contributed by atoms with van der Waals surface area (Å²) in [6.45, 7) is 10.9. The average molecular weight is 509 g/mol. The molecule has 1 aliphatic rings. The highest BCUT2D eigenvalue weighted by molar-refractivity contribution is 6.30. The zero-order chi connectivity index (χ0) is 25.6. The molecule has 1 saturated heterocycles. The van der Waals surface area contributed by atoms with E-state index < -0.39 is 5.60 Å². The number of amides is 1. The largest absolute Gasteiger partial charge is 0.444 e. The molecule has 0 bridgehead atoms. The maximum atomic E-state index is 12.9. The fourth-order valence-corrected chi connectivity index (χ4v) is 4.69. The monoisotopic (exact) mass is 508 g/mol. The maximum Gasteiger partial charge on any atom is 0.410 e. The van der Waals surface area contributed by atoms with Gasteiger partial charge < -0.3 is 19.1 Å². The first-order valence-electron chi connectivity index (χ1n) is 11.8. The number of hydrogen-bond donors (Lipinski definition) is 0. The molecule has 0 N–H and O–H groups in total. The highest BCUT2D eigenvalue weighted by Crippen LogP contribution is 2.35. The van der Waals surface area contributed by atoms with Crippen LogP contribution in [0.5, 0.6) is 0 Å². The number of hydrogen-bond acceptors (Lipinski definition) is 7. The molecule has 2 atom stereocenters. The molecule has 4 aromatic heterocycles. The summed E-state index contributed by atoms with van der Waals surface area (Å²) >= 11 is 6.27. The van der Waals surface area contributed by atoms with Crippen molar-refractivity contribution in [3.05, 3.63) is 54.6 Å². The summed E-state index contributed by atoms with van der Waals surface area (Å²) in [7, 11) is 0. The van der Waals surface area contributed by atoms with Gasteiger partial charge in [0.05, 0.1) is 17.4 Å². The van der Waals surface area contributed by atoms with Crippen molar-refractivity contribution in [2.75, 3.05) is 18.0 Å². The number of pyridine rings is 1. The van der Waals surface area contributed by atoms with E-state index in [4.69, 9.17) is 21.3 Å². The number of anilines is 1. The minimum Gasteiger partial charge on any atom is -0.444 e. The lowest BCUT2D eigenvalue weighted by Crippen LogP contribution is -2.59. The summed E-state index contributed by atoms with van der Waals surface area (Å²) in [6.07, 6.45) is 10.3. The van der Waals surface area contributed by atoms with E-state index in [1.165, 1.54) is 0 Å². The van der Waals surface area contributed by atoms with E-state index in [0.29, 0.717) is 29.6 Å². The molecule has 10 nitrogen and oxygen atoms in total. The third-order valence-corrected chi connectivity index (χ3v) is 6.40. The molecule has 0 aliphatic carbocycles. The fourth-order valence-electron chi connectivity index (χ4n) is 4.54. The lowest BCUT2D eigenvalue weighted by atomic mass is 10.1. The third-order valence-electron chi connectivity index (χ3n) is 6.17. The number of fused-ring (bicyclic) bond motifs is 1. The Bertz CT molecular complexity index is 1400. The minimum absolute atomic E-state index is 0.00454. The number of ether oxygens (including phenoxy) is 1. The number of piperazine rings is 1. The lowest BCUT2D eigenvalue weighted by molar-refractivity contribution is 0.0130. The van der Waals surface area contributed by atoms with Gasteiger partial charge in [-0.2, -0.15) is 0 Å². The van der Waals surface area contributed by atoms with Crippen LogP contribution < -0.4 is 4.90 Å². The van der Waals surface area contributed by atoms with Gasteiger partial charge in [-0.25, -0.2) is 24.7 Å². The van der Waals surface area contributed by atoms with E-state index in [2.05, 4.69) is 26.8 Å². The number of halogens is 1. The Balaban J connectivity index is 1.59. The first kappa shape index (κ1) is 24.1. The number of carbonyl (C=O) groups is 1. The van der Waals surface area contributed by atoms with Gasteiger partial charge in [-0.15, -0.1) is 0 Å². The van der Waals surface area contributed by atoms with E-state index in [9.17, 15) is 4.79 Å².